The predicted molar refractivity (Wildman–Crippen MR) is 86.8 cm³/mol. The molecule has 0 unspecified atom stereocenters. The second-order valence-corrected chi connectivity index (χ2v) is 6.04. The molecule has 1 fully saturated rings. The number of amides is 1. The Bertz CT molecular complexity index is 847. The van der Waals surface area contributed by atoms with Crippen LogP contribution in [0.4, 0.5) is 11.4 Å². The van der Waals surface area contributed by atoms with Gasteiger partial charge in [-0.25, -0.2) is 0 Å². The Labute approximate surface area is 137 Å². The molecule has 7 heteroatoms. The highest BCUT2D eigenvalue weighted by atomic mass is 16.6. The van der Waals surface area contributed by atoms with E-state index < -0.39 is 11.1 Å². The van der Waals surface area contributed by atoms with Gasteiger partial charge in [-0.05, 0) is 31.0 Å². The van der Waals surface area contributed by atoms with Crippen molar-refractivity contribution < 1.29 is 14.8 Å². The molecule has 122 valence electrons. The van der Waals surface area contributed by atoms with Crippen LogP contribution in [0.2, 0.25) is 0 Å². The number of nitro benzene ring substituents is 1. The topological polar surface area (TPSA) is 95.7 Å². The van der Waals surface area contributed by atoms with E-state index in [0.717, 1.165) is 12.8 Å². The van der Waals surface area contributed by atoms with Gasteiger partial charge >= 0.3 is 5.69 Å². The average Bonchev–Trinajstić information content (AvgIpc) is 3.39. The minimum absolute atomic E-state index is 0.0763. The number of aromatic hydroxyl groups is 1. The van der Waals surface area contributed by atoms with Gasteiger partial charge in [0, 0.05) is 23.4 Å². The number of carbonyl (C=O) groups excluding carboxylic acids is 1. The first-order valence-corrected chi connectivity index (χ1v) is 7.72. The number of hydrogen-bond acceptors (Lipinski definition) is 5. The Balaban J connectivity index is 1.80. The van der Waals surface area contributed by atoms with Gasteiger partial charge in [-0.1, -0.05) is 18.2 Å². The molecule has 1 saturated carbocycles. The number of nitrogens with zero attached hydrogens (tertiary/aromatic N) is 2. The molecular formula is C17H15N3O4. The highest BCUT2D eigenvalue weighted by Crippen LogP contribution is 2.42. The lowest BCUT2D eigenvalue weighted by atomic mass is 10.0. The molecule has 1 amide bonds. The summed E-state index contributed by atoms with van der Waals surface area (Å²) in [4.78, 5) is 25.1. The van der Waals surface area contributed by atoms with Crippen molar-refractivity contribution >= 4 is 17.3 Å². The summed E-state index contributed by atoms with van der Waals surface area (Å²) in [5, 5.41) is 24.1. The molecule has 0 saturated heterocycles. The first kappa shape index (κ1) is 14.5. The number of phenolic OH excluding ortho intramolecular Hbond substituents is 1. The number of benzene rings is 2. The molecule has 0 spiro atoms. The number of anilines is 1. The van der Waals surface area contributed by atoms with Gasteiger partial charge in [0.15, 0.2) is 5.75 Å². The summed E-state index contributed by atoms with van der Waals surface area (Å²) in [6.07, 6.45) is 1.36. The quantitative estimate of drug-likeness (QED) is 0.668. The van der Waals surface area contributed by atoms with E-state index in [9.17, 15) is 20.0 Å². The molecule has 2 N–H and O–H groups in total. The molecule has 4 rings (SSSR count). The van der Waals surface area contributed by atoms with E-state index in [1.165, 1.54) is 12.1 Å². The van der Waals surface area contributed by atoms with Crippen molar-refractivity contribution in [3.63, 3.8) is 0 Å². The van der Waals surface area contributed by atoms with E-state index in [-0.39, 0.29) is 23.4 Å². The number of phenols is 1. The zero-order valence-corrected chi connectivity index (χ0v) is 12.7. The van der Waals surface area contributed by atoms with Gasteiger partial charge in [-0.15, -0.1) is 0 Å². The number of para-hydroxylation sites is 1. The van der Waals surface area contributed by atoms with Crippen LogP contribution >= 0.6 is 0 Å². The molecule has 1 aliphatic carbocycles. The standard InChI is InChI=1S/C17H15N3O4/c21-15-8-5-10(9-14(15)20(23)24)16-18-13-4-2-1-3-12(13)17(22)19(16)11-6-7-11/h1-5,8-9,11,16,18,21H,6-7H2/t16-/m0/s1. The molecule has 7 nitrogen and oxygen atoms in total. The lowest BCUT2D eigenvalue weighted by molar-refractivity contribution is -0.385. The van der Waals surface area contributed by atoms with Crippen molar-refractivity contribution in [3.05, 3.63) is 63.7 Å². The van der Waals surface area contributed by atoms with Crippen molar-refractivity contribution in [2.45, 2.75) is 25.0 Å². The number of nitrogens with one attached hydrogen (secondary N) is 1. The molecule has 24 heavy (non-hydrogen) atoms. The van der Waals surface area contributed by atoms with Crippen LogP contribution in [-0.4, -0.2) is 26.9 Å². The summed E-state index contributed by atoms with van der Waals surface area (Å²) in [7, 11) is 0. The van der Waals surface area contributed by atoms with Crippen LogP contribution in [0.1, 0.15) is 34.9 Å². The Morgan fingerprint density at radius 2 is 1.96 bits per heavy atom. The van der Waals surface area contributed by atoms with Crippen LogP contribution in [0, 0.1) is 10.1 Å². The highest BCUT2D eigenvalue weighted by Gasteiger charge is 2.42. The summed E-state index contributed by atoms with van der Waals surface area (Å²) < 4.78 is 0. The number of hydrogen-bond donors (Lipinski definition) is 2. The maximum absolute atomic E-state index is 12.9. The minimum Gasteiger partial charge on any atom is -0.502 e. The summed E-state index contributed by atoms with van der Waals surface area (Å²) in [6, 6.07) is 11.6. The summed E-state index contributed by atoms with van der Waals surface area (Å²) in [5.74, 6) is -0.461. The predicted octanol–water partition coefficient (Wildman–Crippen LogP) is 3.03. The molecule has 2 aliphatic rings. The lowest BCUT2D eigenvalue weighted by Gasteiger charge is -2.38. The molecule has 2 aromatic carbocycles. The zero-order chi connectivity index (χ0) is 16.8. The van der Waals surface area contributed by atoms with Gasteiger partial charge in [0.05, 0.1) is 10.5 Å². The van der Waals surface area contributed by atoms with Crippen molar-refractivity contribution in [2.24, 2.45) is 0 Å². The first-order chi connectivity index (χ1) is 11.6. The lowest BCUT2D eigenvalue weighted by Crippen LogP contribution is -2.44. The van der Waals surface area contributed by atoms with Gasteiger partial charge in [-0.3, -0.25) is 14.9 Å². The smallest absolute Gasteiger partial charge is 0.311 e. The summed E-state index contributed by atoms with van der Waals surface area (Å²) >= 11 is 0. The Kier molecular flexibility index (Phi) is 3.16. The zero-order valence-electron chi connectivity index (χ0n) is 12.7. The number of fused-ring (bicyclic) bond motifs is 1. The maximum atomic E-state index is 12.9. The van der Waals surface area contributed by atoms with E-state index in [4.69, 9.17) is 0 Å². The van der Waals surface area contributed by atoms with E-state index in [1.54, 1.807) is 17.0 Å². The summed E-state index contributed by atoms with van der Waals surface area (Å²) in [5.41, 5.74) is 1.53. The molecule has 2 aromatic rings. The van der Waals surface area contributed by atoms with Crippen LogP contribution in [0.15, 0.2) is 42.5 Å². The van der Waals surface area contributed by atoms with E-state index in [2.05, 4.69) is 5.32 Å². The molecular weight excluding hydrogens is 310 g/mol. The Hall–Kier alpha value is -3.09. The first-order valence-electron chi connectivity index (χ1n) is 7.72. The minimum atomic E-state index is -0.626. The fraction of sp³-hybridized carbons (Fsp3) is 0.235. The third kappa shape index (κ3) is 2.25. The second kappa shape index (κ2) is 5.23. The third-order valence-electron chi connectivity index (χ3n) is 4.41. The summed E-state index contributed by atoms with van der Waals surface area (Å²) in [6.45, 7) is 0. The maximum Gasteiger partial charge on any atom is 0.311 e. The second-order valence-electron chi connectivity index (χ2n) is 6.04. The SMILES string of the molecule is O=C1c2ccccc2N[C@H](c2ccc(O)c([N+](=O)[O-])c2)N1C1CC1. The van der Waals surface area contributed by atoms with Gasteiger partial charge in [0.25, 0.3) is 5.91 Å². The molecule has 0 aromatic heterocycles. The Morgan fingerprint density at radius 1 is 1.21 bits per heavy atom. The molecule has 1 atom stereocenters. The van der Waals surface area contributed by atoms with Crippen LogP contribution in [0.25, 0.3) is 0 Å². The number of nitro groups is 1. The van der Waals surface area contributed by atoms with Gasteiger partial charge in [-0.2, -0.15) is 0 Å². The normalized spacial score (nSPS) is 19.6. The molecule has 0 radical (unpaired) electrons. The number of rotatable bonds is 3. The van der Waals surface area contributed by atoms with E-state index in [1.807, 2.05) is 18.2 Å². The van der Waals surface area contributed by atoms with Crippen molar-refractivity contribution in [1.82, 2.24) is 4.90 Å². The van der Waals surface area contributed by atoms with Crippen LogP contribution in [0.3, 0.4) is 0 Å². The largest absolute Gasteiger partial charge is 0.502 e. The van der Waals surface area contributed by atoms with Crippen molar-refractivity contribution in [2.75, 3.05) is 5.32 Å². The Morgan fingerprint density at radius 3 is 2.67 bits per heavy atom. The molecule has 0 bridgehead atoms. The van der Waals surface area contributed by atoms with E-state index >= 15 is 0 Å². The number of carbonyl (C=O) groups is 1. The fourth-order valence-electron chi connectivity index (χ4n) is 3.10. The van der Waals surface area contributed by atoms with Crippen LogP contribution in [-0.2, 0) is 0 Å². The average molecular weight is 325 g/mol. The van der Waals surface area contributed by atoms with Crippen LogP contribution in [0.5, 0.6) is 5.75 Å². The fourth-order valence-corrected chi connectivity index (χ4v) is 3.10. The third-order valence-corrected chi connectivity index (χ3v) is 4.41. The van der Waals surface area contributed by atoms with Gasteiger partial charge < -0.3 is 15.3 Å². The highest BCUT2D eigenvalue weighted by molar-refractivity contribution is 6.02. The van der Waals surface area contributed by atoms with E-state index in [0.29, 0.717) is 16.8 Å². The molecule has 1 aliphatic heterocycles. The molecule has 1 heterocycles. The van der Waals surface area contributed by atoms with Gasteiger partial charge in [0.1, 0.15) is 6.17 Å². The van der Waals surface area contributed by atoms with Crippen LogP contribution < -0.4 is 5.32 Å². The monoisotopic (exact) mass is 325 g/mol. The van der Waals surface area contributed by atoms with Gasteiger partial charge in [0.2, 0.25) is 0 Å². The van der Waals surface area contributed by atoms with Crippen molar-refractivity contribution in [1.29, 1.82) is 0 Å². The van der Waals surface area contributed by atoms with Crippen molar-refractivity contribution in [3.8, 4) is 5.75 Å².